The summed E-state index contributed by atoms with van der Waals surface area (Å²) in [5.74, 6) is 0.814. The summed E-state index contributed by atoms with van der Waals surface area (Å²) in [4.78, 5) is 8.05. The van der Waals surface area contributed by atoms with Crippen LogP contribution in [0.5, 0.6) is 0 Å². The molecule has 3 nitrogen and oxygen atoms in total. The summed E-state index contributed by atoms with van der Waals surface area (Å²) in [7, 11) is 0. The van der Waals surface area contributed by atoms with Crippen LogP contribution in [0, 0.1) is 0 Å². The zero-order chi connectivity index (χ0) is 11.2. The van der Waals surface area contributed by atoms with Crippen LogP contribution in [0.25, 0.3) is 0 Å². The SMILES string of the molecule is S=C=Nc1ccc(Nc2ccccn2)cc1. The Labute approximate surface area is 98.9 Å². The quantitative estimate of drug-likeness (QED) is 0.643. The van der Waals surface area contributed by atoms with Gasteiger partial charge in [-0.2, -0.15) is 4.99 Å². The van der Waals surface area contributed by atoms with E-state index in [0.717, 1.165) is 17.2 Å². The van der Waals surface area contributed by atoms with Crippen LogP contribution < -0.4 is 5.32 Å². The van der Waals surface area contributed by atoms with Gasteiger partial charge in [-0.3, -0.25) is 0 Å². The summed E-state index contributed by atoms with van der Waals surface area (Å²) in [6.45, 7) is 0. The predicted octanol–water partition coefficient (Wildman–Crippen LogP) is 3.56. The van der Waals surface area contributed by atoms with E-state index in [1.165, 1.54) is 0 Å². The molecule has 0 saturated carbocycles. The average Bonchev–Trinajstić information content (AvgIpc) is 2.33. The Kier molecular flexibility index (Phi) is 3.38. The van der Waals surface area contributed by atoms with E-state index in [0.29, 0.717) is 0 Å². The second-order valence-corrected chi connectivity index (χ2v) is 3.27. The number of hydrogen-bond donors (Lipinski definition) is 1. The Balaban J connectivity index is 2.14. The topological polar surface area (TPSA) is 37.3 Å². The van der Waals surface area contributed by atoms with Gasteiger partial charge in [-0.1, -0.05) is 6.07 Å². The van der Waals surface area contributed by atoms with Crippen molar-refractivity contribution < 1.29 is 0 Å². The molecule has 1 N–H and O–H groups in total. The summed E-state index contributed by atoms with van der Waals surface area (Å²) >= 11 is 4.53. The van der Waals surface area contributed by atoms with Gasteiger partial charge in [0.2, 0.25) is 0 Å². The van der Waals surface area contributed by atoms with Crippen LogP contribution in [-0.2, 0) is 0 Å². The standard InChI is InChI=1S/C12H9N3S/c16-9-14-10-4-6-11(7-5-10)15-12-3-1-2-8-13-12/h1-8H,(H,13,15). The highest BCUT2D eigenvalue weighted by atomic mass is 32.1. The fraction of sp³-hybridized carbons (Fsp3) is 0. The van der Waals surface area contributed by atoms with E-state index >= 15 is 0 Å². The second-order valence-electron chi connectivity index (χ2n) is 3.09. The Morgan fingerprint density at radius 3 is 2.56 bits per heavy atom. The molecule has 0 aliphatic rings. The smallest absolute Gasteiger partial charge is 0.130 e. The first kappa shape index (κ1) is 10.5. The minimum Gasteiger partial charge on any atom is -0.340 e. The molecule has 0 bridgehead atoms. The lowest BCUT2D eigenvalue weighted by atomic mass is 10.3. The lowest BCUT2D eigenvalue weighted by Crippen LogP contribution is -1.91. The molecule has 0 aliphatic heterocycles. The van der Waals surface area contributed by atoms with Gasteiger partial charge < -0.3 is 5.32 Å². The van der Waals surface area contributed by atoms with Crippen LogP contribution in [0.1, 0.15) is 0 Å². The zero-order valence-corrected chi connectivity index (χ0v) is 9.24. The minimum absolute atomic E-state index is 0.793. The Morgan fingerprint density at radius 1 is 1.12 bits per heavy atom. The van der Waals surface area contributed by atoms with E-state index in [9.17, 15) is 0 Å². The summed E-state index contributed by atoms with van der Waals surface area (Å²) in [5, 5.41) is 5.50. The molecule has 0 unspecified atom stereocenters. The summed E-state index contributed by atoms with van der Waals surface area (Å²) < 4.78 is 0. The molecular formula is C12H9N3S. The van der Waals surface area contributed by atoms with Crippen LogP contribution in [-0.4, -0.2) is 10.1 Å². The third kappa shape index (κ3) is 2.73. The maximum atomic E-state index is 4.53. The van der Waals surface area contributed by atoms with Gasteiger partial charge >= 0.3 is 0 Å². The van der Waals surface area contributed by atoms with Gasteiger partial charge in [-0.05, 0) is 48.6 Å². The zero-order valence-electron chi connectivity index (χ0n) is 8.42. The van der Waals surface area contributed by atoms with E-state index in [2.05, 4.69) is 32.7 Å². The largest absolute Gasteiger partial charge is 0.340 e. The molecule has 16 heavy (non-hydrogen) atoms. The molecule has 1 heterocycles. The van der Waals surface area contributed by atoms with E-state index in [4.69, 9.17) is 0 Å². The van der Waals surface area contributed by atoms with Crippen molar-refractivity contribution in [3.63, 3.8) is 0 Å². The number of aliphatic imine (C=N–C) groups is 1. The van der Waals surface area contributed by atoms with Crippen LogP contribution in [0.2, 0.25) is 0 Å². The minimum atomic E-state index is 0.793. The van der Waals surface area contributed by atoms with Crippen molar-refractivity contribution in [3.05, 3.63) is 48.7 Å². The average molecular weight is 227 g/mol. The van der Waals surface area contributed by atoms with Crippen molar-refractivity contribution in [1.29, 1.82) is 0 Å². The van der Waals surface area contributed by atoms with E-state index in [-0.39, 0.29) is 0 Å². The van der Waals surface area contributed by atoms with Crippen molar-refractivity contribution >= 4 is 34.6 Å². The van der Waals surface area contributed by atoms with Gasteiger partial charge in [-0.25, -0.2) is 4.98 Å². The predicted molar refractivity (Wildman–Crippen MR) is 68.6 cm³/mol. The highest BCUT2D eigenvalue weighted by molar-refractivity contribution is 7.78. The number of rotatable bonds is 3. The second kappa shape index (κ2) is 5.16. The van der Waals surface area contributed by atoms with Gasteiger partial charge in [0, 0.05) is 11.9 Å². The summed E-state index contributed by atoms with van der Waals surface area (Å²) in [6.07, 6.45) is 1.74. The maximum absolute atomic E-state index is 4.53. The number of benzene rings is 1. The third-order valence-corrected chi connectivity index (χ3v) is 2.07. The van der Waals surface area contributed by atoms with Crippen molar-refractivity contribution in [3.8, 4) is 0 Å². The first-order valence-corrected chi connectivity index (χ1v) is 5.15. The van der Waals surface area contributed by atoms with E-state index in [1.807, 2.05) is 42.5 Å². The first-order chi connectivity index (χ1) is 7.88. The molecule has 1 aromatic carbocycles. The van der Waals surface area contributed by atoms with Crippen molar-refractivity contribution in [1.82, 2.24) is 4.98 Å². The molecule has 2 rings (SSSR count). The molecule has 4 heteroatoms. The molecular weight excluding hydrogens is 218 g/mol. The number of aromatic nitrogens is 1. The van der Waals surface area contributed by atoms with Gasteiger partial charge in [-0.15, -0.1) is 0 Å². The molecule has 2 aromatic rings. The molecule has 0 radical (unpaired) electrons. The third-order valence-electron chi connectivity index (χ3n) is 1.98. The Bertz CT molecular complexity index is 502. The van der Waals surface area contributed by atoms with E-state index in [1.54, 1.807) is 6.20 Å². The molecule has 78 valence electrons. The van der Waals surface area contributed by atoms with Crippen molar-refractivity contribution in [2.24, 2.45) is 4.99 Å². The molecule has 0 fully saturated rings. The van der Waals surface area contributed by atoms with Gasteiger partial charge in [0.25, 0.3) is 0 Å². The lowest BCUT2D eigenvalue weighted by molar-refractivity contribution is 1.31. The van der Waals surface area contributed by atoms with Crippen LogP contribution in [0.3, 0.4) is 0 Å². The number of nitrogens with zero attached hydrogens (tertiary/aromatic N) is 2. The number of thiocarbonyl (C=S) groups is 1. The monoisotopic (exact) mass is 227 g/mol. The van der Waals surface area contributed by atoms with Gasteiger partial charge in [0.1, 0.15) is 5.82 Å². The molecule has 0 spiro atoms. The summed E-state index contributed by atoms with van der Waals surface area (Å²) in [6, 6.07) is 13.3. The van der Waals surface area contributed by atoms with Crippen LogP contribution in [0.4, 0.5) is 17.2 Å². The molecule has 0 aliphatic carbocycles. The first-order valence-electron chi connectivity index (χ1n) is 4.74. The molecule has 0 saturated heterocycles. The Hall–Kier alpha value is -2.03. The summed E-state index contributed by atoms with van der Waals surface area (Å²) in [5.41, 5.74) is 1.75. The van der Waals surface area contributed by atoms with Crippen LogP contribution in [0.15, 0.2) is 53.7 Å². The molecule has 0 amide bonds. The number of hydrogen-bond acceptors (Lipinski definition) is 4. The van der Waals surface area contributed by atoms with Crippen molar-refractivity contribution in [2.75, 3.05) is 5.32 Å². The van der Waals surface area contributed by atoms with E-state index < -0.39 is 0 Å². The number of pyridine rings is 1. The lowest BCUT2D eigenvalue weighted by Gasteiger charge is -2.04. The normalized spacial score (nSPS) is 9.25. The molecule has 1 aromatic heterocycles. The molecule has 0 atom stereocenters. The number of isothiocyanates is 1. The highest BCUT2D eigenvalue weighted by Crippen LogP contribution is 2.18. The maximum Gasteiger partial charge on any atom is 0.130 e. The number of nitrogens with one attached hydrogen (secondary N) is 1. The van der Waals surface area contributed by atoms with Crippen LogP contribution >= 0.6 is 12.2 Å². The van der Waals surface area contributed by atoms with Gasteiger partial charge in [0.15, 0.2) is 0 Å². The fourth-order valence-corrected chi connectivity index (χ4v) is 1.36. The van der Waals surface area contributed by atoms with Gasteiger partial charge in [0.05, 0.1) is 10.8 Å². The Morgan fingerprint density at radius 2 is 1.94 bits per heavy atom. The fourth-order valence-electron chi connectivity index (χ4n) is 1.26. The highest BCUT2D eigenvalue weighted by Gasteiger charge is 1.94. The van der Waals surface area contributed by atoms with Crippen molar-refractivity contribution in [2.45, 2.75) is 0 Å². The number of anilines is 2.